The van der Waals surface area contributed by atoms with E-state index in [1.165, 1.54) is 0 Å². The lowest BCUT2D eigenvalue weighted by Gasteiger charge is -2.11. The summed E-state index contributed by atoms with van der Waals surface area (Å²) in [5.41, 5.74) is 2.14. The van der Waals surface area contributed by atoms with Crippen LogP contribution in [-0.2, 0) is 13.1 Å². The Labute approximate surface area is 145 Å². The van der Waals surface area contributed by atoms with Crippen molar-refractivity contribution in [2.45, 2.75) is 13.1 Å². The summed E-state index contributed by atoms with van der Waals surface area (Å²) in [6, 6.07) is 13.3. The summed E-state index contributed by atoms with van der Waals surface area (Å²) in [7, 11) is 1.65. The van der Waals surface area contributed by atoms with Crippen molar-refractivity contribution in [3.8, 4) is 5.75 Å². The molecule has 0 saturated heterocycles. The highest BCUT2D eigenvalue weighted by molar-refractivity contribution is 7.80. The largest absolute Gasteiger partial charge is 0.497 e. The van der Waals surface area contributed by atoms with Gasteiger partial charge >= 0.3 is 0 Å². The van der Waals surface area contributed by atoms with Gasteiger partial charge in [0.25, 0.3) is 0 Å². The van der Waals surface area contributed by atoms with Crippen LogP contribution in [0.5, 0.6) is 5.75 Å². The Balaban J connectivity index is 1.78. The summed E-state index contributed by atoms with van der Waals surface area (Å²) in [6.45, 7) is 1.24. The molecule has 2 rings (SSSR count). The molecule has 0 aliphatic rings. The van der Waals surface area contributed by atoms with Gasteiger partial charge in [0.1, 0.15) is 5.75 Å². The molecule has 0 saturated carbocycles. The molecule has 2 N–H and O–H groups in total. The summed E-state index contributed by atoms with van der Waals surface area (Å²) >= 11 is 17.1. The van der Waals surface area contributed by atoms with Crippen molar-refractivity contribution in [1.29, 1.82) is 0 Å². The molecule has 0 radical (unpaired) electrons. The molecule has 0 fully saturated rings. The fourth-order valence-electron chi connectivity index (χ4n) is 1.82. The van der Waals surface area contributed by atoms with Crippen molar-refractivity contribution in [2.75, 3.05) is 7.11 Å². The standard InChI is InChI=1S/C16H16Cl2N2OS/c1-21-13-5-2-11(3-6-13)9-19-16(22)20-10-12-4-7-14(17)15(18)8-12/h2-8H,9-10H2,1H3,(H2,19,20,22). The van der Waals surface area contributed by atoms with Crippen LogP contribution in [0.4, 0.5) is 0 Å². The first-order valence-electron chi connectivity index (χ1n) is 6.67. The molecule has 0 atom stereocenters. The van der Waals surface area contributed by atoms with Crippen molar-refractivity contribution >= 4 is 40.5 Å². The van der Waals surface area contributed by atoms with E-state index < -0.39 is 0 Å². The molecule has 116 valence electrons. The SMILES string of the molecule is COc1ccc(CNC(=S)NCc2ccc(Cl)c(Cl)c2)cc1. The molecular weight excluding hydrogens is 339 g/mol. The zero-order valence-corrected chi connectivity index (χ0v) is 14.4. The highest BCUT2D eigenvalue weighted by Crippen LogP contribution is 2.22. The Morgan fingerprint density at radius 2 is 1.55 bits per heavy atom. The lowest BCUT2D eigenvalue weighted by atomic mass is 10.2. The second kappa shape index (κ2) is 8.22. The second-order valence-corrected chi connectivity index (χ2v) is 5.86. The average Bonchev–Trinajstić information content (AvgIpc) is 2.54. The van der Waals surface area contributed by atoms with Gasteiger partial charge in [0.05, 0.1) is 17.2 Å². The third-order valence-electron chi connectivity index (χ3n) is 3.05. The van der Waals surface area contributed by atoms with Crippen LogP contribution in [0, 0.1) is 0 Å². The summed E-state index contributed by atoms with van der Waals surface area (Å²) in [5.74, 6) is 0.837. The number of methoxy groups -OCH3 is 1. The number of rotatable bonds is 5. The summed E-state index contributed by atoms with van der Waals surface area (Å²) in [5, 5.41) is 7.96. The van der Waals surface area contributed by atoms with Crippen LogP contribution < -0.4 is 15.4 Å². The zero-order valence-electron chi connectivity index (χ0n) is 12.0. The van der Waals surface area contributed by atoms with Gasteiger partial charge in [-0.1, -0.05) is 41.4 Å². The molecular formula is C16H16Cl2N2OS. The van der Waals surface area contributed by atoms with Gasteiger partial charge in [-0.25, -0.2) is 0 Å². The second-order valence-electron chi connectivity index (χ2n) is 4.63. The Kier molecular flexibility index (Phi) is 6.31. The van der Waals surface area contributed by atoms with E-state index in [4.69, 9.17) is 40.2 Å². The lowest BCUT2D eigenvalue weighted by molar-refractivity contribution is 0.414. The van der Waals surface area contributed by atoms with Crippen LogP contribution in [0.1, 0.15) is 11.1 Å². The first-order valence-corrected chi connectivity index (χ1v) is 7.83. The number of nitrogens with one attached hydrogen (secondary N) is 2. The summed E-state index contributed by atoms with van der Waals surface area (Å²) in [6.07, 6.45) is 0. The molecule has 0 aromatic heterocycles. The van der Waals surface area contributed by atoms with Crippen LogP contribution >= 0.6 is 35.4 Å². The number of hydrogen-bond donors (Lipinski definition) is 2. The molecule has 0 aliphatic heterocycles. The first kappa shape index (κ1) is 16.9. The molecule has 0 spiro atoms. The minimum absolute atomic E-state index is 0.540. The summed E-state index contributed by atoms with van der Waals surface area (Å²) < 4.78 is 5.12. The maximum Gasteiger partial charge on any atom is 0.166 e. The van der Waals surface area contributed by atoms with Crippen molar-refractivity contribution in [1.82, 2.24) is 10.6 Å². The molecule has 0 amide bonds. The van der Waals surface area contributed by atoms with Crippen molar-refractivity contribution in [3.63, 3.8) is 0 Å². The number of halogens is 2. The Bertz CT molecular complexity index is 647. The van der Waals surface area contributed by atoms with E-state index in [9.17, 15) is 0 Å². The highest BCUT2D eigenvalue weighted by atomic mass is 35.5. The smallest absolute Gasteiger partial charge is 0.166 e. The van der Waals surface area contributed by atoms with Gasteiger partial charge < -0.3 is 15.4 Å². The predicted molar refractivity (Wildman–Crippen MR) is 95.7 cm³/mol. The maximum absolute atomic E-state index is 5.98. The van der Waals surface area contributed by atoms with Gasteiger partial charge in [0.15, 0.2) is 5.11 Å². The predicted octanol–water partition coefficient (Wildman–Crippen LogP) is 4.17. The van der Waals surface area contributed by atoms with E-state index in [1.807, 2.05) is 36.4 Å². The Hall–Kier alpha value is -1.49. The molecule has 0 unspecified atom stereocenters. The Morgan fingerprint density at radius 3 is 2.14 bits per heavy atom. The van der Waals surface area contributed by atoms with Crippen LogP contribution in [0.25, 0.3) is 0 Å². The highest BCUT2D eigenvalue weighted by Gasteiger charge is 2.01. The van der Waals surface area contributed by atoms with Gasteiger partial charge in [-0.15, -0.1) is 0 Å². The molecule has 0 aliphatic carbocycles. The molecule has 2 aromatic rings. The van der Waals surface area contributed by atoms with Gasteiger partial charge in [-0.3, -0.25) is 0 Å². The Morgan fingerprint density at radius 1 is 0.955 bits per heavy atom. The molecule has 2 aromatic carbocycles. The fourth-order valence-corrected chi connectivity index (χ4v) is 2.29. The molecule has 3 nitrogen and oxygen atoms in total. The third kappa shape index (κ3) is 5.05. The number of benzene rings is 2. The van der Waals surface area contributed by atoms with Crippen LogP contribution in [-0.4, -0.2) is 12.2 Å². The fraction of sp³-hybridized carbons (Fsp3) is 0.188. The lowest BCUT2D eigenvalue weighted by Crippen LogP contribution is -2.34. The quantitative estimate of drug-likeness (QED) is 0.789. The molecule has 0 bridgehead atoms. The van der Waals surface area contributed by atoms with E-state index in [2.05, 4.69) is 10.6 Å². The molecule has 22 heavy (non-hydrogen) atoms. The van der Waals surface area contributed by atoms with Gasteiger partial charge in [0, 0.05) is 13.1 Å². The van der Waals surface area contributed by atoms with Crippen LogP contribution in [0.15, 0.2) is 42.5 Å². The normalized spacial score (nSPS) is 10.1. The van der Waals surface area contributed by atoms with Crippen LogP contribution in [0.2, 0.25) is 10.0 Å². The van der Waals surface area contributed by atoms with Gasteiger partial charge in [-0.2, -0.15) is 0 Å². The molecule has 6 heteroatoms. The minimum atomic E-state index is 0.540. The zero-order chi connectivity index (χ0) is 15.9. The number of ether oxygens (including phenoxy) is 1. The van der Waals surface area contributed by atoms with E-state index in [0.717, 1.165) is 16.9 Å². The van der Waals surface area contributed by atoms with E-state index >= 15 is 0 Å². The van der Waals surface area contributed by atoms with E-state index in [0.29, 0.717) is 28.2 Å². The minimum Gasteiger partial charge on any atom is -0.497 e. The third-order valence-corrected chi connectivity index (χ3v) is 4.08. The van der Waals surface area contributed by atoms with Crippen molar-refractivity contribution in [2.24, 2.45) is 0 Å². The number of thiocarbonyl (C=S) groups is 1. The van der Waals surface area contributed by atoms with Crippen molar-refractivity contribution in [3.05, 3.63) is 63.6 Å². The van der Waals surface area contributed by atoms with Gasteiger partial charge in [-0.05, 0) is 47.6 Å². The topological polar surface area (TPSA) is 33.3 Å². The number of hydrogen-bond acceptors (Lipinski definition) is 2. The van der Waals surface area contributed by atoms with Crippen LogP contribution in [0.3, 0.4) is 0 Å². The van der Waals surface area contributed by atoms with E-state index in [-0.39, 0.29) is 0 Å². The summed E-state index contributed by atoms with van der Waals surface area (Å²) in [4.78, 5) is 0. The van der Waals surface area contributed by atoms with Crippen molar-refractivity contribution < 1.29 is 4.74 Å². The maximum atomic E-state index is 5.98. The van der Waals surface area contributed by atoms with E-state index in [1.54, 1.807) is 13.2 Å². The molecule has 0 heterocycles. The van der Waals surface area contributed by atoms with Gasteiger partial charge in [0.2, 0.25) is 0 Å². The monoisotopic (exact) mass is 354 g/mol. The average molecular weight is 355 g/mol. The first-order chi connectivity index (χ1) is 10.6.